The summed E-state index contributed by atoms with van der Waals surface area (Å²) >= 11 is 0. The van der Waals surface area contributed by atoms with E-state index in [-0.39, 0.29) is 0 Å². The van der Waals surface area contributed by atoms with Crippen molar-refractivity contribution in [3.8, 4) is 0 Å². The number of hydrogen-bond donors (Lipinski definition) is 1. The Balaban J connectivity index is 2.54. The molecular weight excluding hydrogens is 108 g/mol. The number of aliphatic hydroxyl groups is 1. The Labute approximate surface area is 39.8 Å². The lowest BCUT2D eigenvalue weighted by atomic mass is 10.9. The molecule has 0 rings (SSSR count). The second kappa shape index (κ2) is 2.82. The maximum atomic E-state index is 8.19. The summed E-state index contributed by atoms with van der Waals surface area (Å²) in [6, 6.07) is 0. The zero-order chi connectivity index (χ0) is 4.28. The van der Waals surface area contributed by atoms with Gasteiger partial charge in [0.2, 0.25) is 0 Å². The van der Waals surface area contributed by atoms with Crippen LogP contribution in [0.5, 0.6) is 0 Å². The predicted molar refractivity (Wildman–Crippen MR) is 25.1 cm³/mol. The molecule has 5 heavy (non-hydrogen) atoms. The van der Waals surface area contributed by atoms with Gasteiger partial charge in [-0.15, -0.1) is 0 Å². The molecule has 0 aliphatic heterocycles. The highest BCUT2D eigenvalue weighted by Gasteiger charge is 1.84. The van der Waals surface area contributed by atoms with Gasteiger partial charge in [0, 0.05) is 0 Å². The van der Waals surface area contributed by atoms with Crippen molar-refractivity contribution in [1.29, 1.82) is 0 Å². The van der Waals surface area contributed by atoms with Gasteiger partial charge in [-0.05, 0) is 28.6 Å². The standard InChI is InChI=1S/C2H5ClOS/c1-2(4)5-3/h2,4H,1H3. The molecule has 0 radical (unpaired) electrons. The van der Waals surface area contributed by atoms with Crippen LogP contribution >= 0.6 is 21.7 Å². The van der Waals surface area contributed by atoms with Crippen LogP contribution in [-0.4, -0.2) is 10.5 Å². The van der Waals surface area contributed by atoms with Crippen LogP contribution in [0.25, 0.3) is 0 Å². The first-order chi connectivity index (χ1) is 2.27. The van der Waals surface area contributed by atoms with E-state index in [4.69, 9.17) is 15.8 Å². The fourth-order valence-electron chi connectivity index (χ4n) is 0. The fraction of sp³-hybridized carbons (Fsp3) is 1.00. The van der Waals surface area contributed by atoms with Crippen LogP contribution in [-0.2, 0) is 0 Å². The largest absolute Gasteiger partial charge is 0.382 e. The van der Waals surface area contributed by atoms with E-state index >= 15 is 0 Å². The zero-order valence-corrected chi connectivity index (χ0v) is 4.38. The van der Waals surface area contributed by atoms with Crippen LogP contribution in [0.15, 0.2) is 0 Å². The Morgan fingerprint density at radius 1 is 2.00 bits per heavy atom. The lowest BCUT2D eigenvalue weighted by Gasteiger charge is -1.87. The van der Waals surface area contributed by atoms with Gasteiger partial charge in [0.1, 0.15) is 5.44 Å². The van der Waals surface area contributed by atoms with Gasteiger partial charge in [-0.3, -0.25) is 0 Å². The van der Waals surface area contributed by atoms with Crippen molar-refractivity contribution >= 4 is 21.7 Å². The normalized spacial score (nSPS) is 15.0. The van der Waals surface area contributed by atoms with Crippen LogP contribution in [0.3, 0.4) is 0 Å². The van der Waals surface area contributed by atoms with Crippen LogP contribution in [0, 0.1) is 0 Å². The van der Waals surface area contributed by atoms with Gasteiger partial charge in [-0.2, -0.15) is 0 Å². The minimum Gasteiger partial charge on any atom is -0.382 e. The summed E-state index contributed by atoms with van der Waals surface area (Å²) in [5, 5.41) is 8.19. The Bertz CT molecular complexity index is 23.6. The summed E-state index contributed by atoms with van der Waals surface area (Å²) in [6.45, 7) is 1.61. The molecule has 0 bridgehead atoms. The molecule has 0 heterocycles. The second-order valence-electron chi connectivity index (χ2n) is 0.688. The molecule has 0 aromatic heterocycles. The summed E-state index contributed by atoms with van der Waals surface area (Å²) in [4.78, 5) is 0. The van der Waals surface area contributed by atoms with Crippen molar-refractivity contribution in [2.75, 3.05) is 0 Å². The number of rotatable bonds is 1. The van der Waals surface area contributed by atoms with Crippen molar-refractivity contribution in [2.24, 2.45) is 0 Å². The molecule has 0 aromatic carbocycles. The number of aliphatic hydroxyl groups excluding tert-OH is 1. The van der Waals surface area contributed by atoms with E-state index in [2.05, 4.69) is 0 Å². The third-order valence-electron chi connectivity index (χ3n) is 0.129. The van der Waals surface area contributed by atoms with E-state index in [0.717, 1.165) is 11.0 Å². The second-order valence-corrected chi connectivity index (χ2v) is 2.08. The molecule has 1 N–H and O–H groups in total. The SMILES string of the molecule is CC(O)SCl. The summed E-state index contributed by atoms with van der Waals surface area (Å²) in [7, 11) is 5.91. The van der Waals surface area contributed by atoms with Crippen molar-refractivity contribution in [3.05, 3.63) is 0 Å². The first-order valence-electron chi connectivity index (χ1n) is 1.23. The Morgan fingerprint density at radius 2 is 2.20 bits per heavy atom. The molecule has 0 spiro atoms. The molecular formula is C2H5ClOS. The highest BCUT2D eigenvalue weighted by molar-refractivity contribution is 8.21. The van der Waals surface area contributed by atoms with Gasteiger partial charge < -0.3 is 5.11 Å². The van der Waals surface area contributed by atoms with Crippen molar-refractivity contribution in [3.63, 3.8) is 0 Å². The van der Waals surface area contributed by atoms with Crippen LogP contribution in [0.2, 0.25) is 0 Å². The van der Waals surface area contributed by atoms with E-state index in [1.807, 2.05) is 0 Å². The molecule has 0 aliphatic rings. The molecule has 1 unspecified atom stereocenters. The minimum absolute atomic E-state index is 0.434. The summed E-state index contributed by atoms with van der Waals surface area (Å²) in [5.41, 5.74) is -0.434. The first kappa shape index (κ1) is 5.60. The number of hydrogen-bond acceptors (Lipinski definition) is 2. The van der Waals surface area contributed by atoms with Crippen molar-refractivity contribution < 1.29 is 5.11 Å². The maximum absolute atomic E-state index is 8.19. The Hall–Kier alpha value is 0.600. The molecule has 0 saturated heterocycles. The van der Waals surface area contributed by atoms with Gasteiger partial charge in [-0.25, -0.2) is 0 Å². The van der Waals surface area contributed by atoms with E-state index < -0.39 is 5.44 Å². The molecule has 3 heteroatoms. The molecule has 0 aliphatic carbocycles. The molecule has 0 saturated carbocycles. The van der Waals surface area contributed by atoms with Gasteiger partial charge in [0.25, 0.3) is 0 Å². The highest BCUT2D eigenvalue weighted by Crippen LogP contribution is 2.09. The van der Waals surface area contributed by atoms with Crippen LogP contribution in [0.1, 0.15) is 6.92 Å². The zero-order valence-electron chi connectivity index (χ0n) is 2.81. The molecule has 1 atom stereocenters. The average molecular weight is 113 g/mol. The maximum Gasteiger partial charge on any atom is 0.111 e. The van der Waals surface area contributed by atoms with E-state index in [9.17, 15) is 0 Å². The van der Waals surface area contributed by atoms with E-state index in [1.165, 1.54) is 0 Å². The molecule has 0 amide bonds. The summed E-state index contributed by atoms with van der Waals surface area (Å²) in [6.07, 6.45) is 0. The smallest absolute Gasteiger partial charge is 0.111 e. The predicted octanol–water partition coefficient (Wildman–Crippen LogP) is 1.21. The first-order valence-corrected chi connectivity index (χ1v) is 2.93. The lowest BCUT2D eigenvalue weighted by molar-refractivity contribution is 0.285. The van der Waals surface area contributed by atoms with Gasteiger partial charge in [0.15, 0.2) is 0 Å². The van der Waals surface area contributed by atoms with Crippen LogP contribution in [0.4, 0.5) is 0 Å². The quantitative estimate of drug-likeness (QED) is 0.515. The minimum atomic E-state index is -0.434. The van der Waals surface area contributed by atoms with Crippen molar-refractivity contribution in [1.82, 2.24) is 0 Å². The molecule has 0 aromatic rings. The Morgan fingerprint density at radius 3 is 2.20 bits per heavy atom. The van der Waals surface area contributed by atoms with Crippen LogP contribution < -0.4 is 0 Å². The molecule has 32 valence electrons. The van der Waals surface area contributed by atoms with Gasteiger partial charge in [-0.1, -0.05) is 0 Å². The Kier molecular flexibility index (Phi) is 3.16. The topological polar surface area (TPSA) is 20.2 Å². The van der Waals surface area contributed by atoms with Crippen molar-refractivity contribution in [2.45, 2.75) is 12.4 Å². The molecule has 0 fully saturated rings. The van der Waals surface area contributed by atoms with E-state index in [1.54, 1.807) is 6.92 Å². The third kappa shape index (κ3) is 4.60. The van der Waals surface area contributed by atoms with Gasteiger partial charge >= 0.3 is 0 Å². The fourth-order valence-corrected chi connectivity index (χ4v) is 0. The third-order valence-corrected chi connectivity index (χ3v) is 1.16. The monoisotopic (exact) mass is 112 g/mol. The molecule has 1 nitrogen and oxygen atoms in total. The average Bonchev–Trinajstić information content (AvgIpc) is 1.38. The highest BCUT2D eigenvalue weighted by atomic mass is 35.7. The summed E-state index contributed by atoms with van der Waals surface area (Å²) in [5.74, 6) is 0. The van der Waals surface area contributed by atoms with E-state index in [0.29, 0.717) is 0 Å². The number of halogens is 1. The summed E-state index contributed by atoms with van der Waals surface area (Å²) < 4.78 is 0. The lowest BCUT2D eigenvalue weighted by Crippen LogP contribution is -1.83. The van der Waals surface area contributed by atoms with Gasteiger partial charge in [0.05, 0.1) is 0 Å².